The number of nitrogens with zero attached hydrogens (tertiary/aromatic N) is 4. The van der Waals surface area contributed by atoms with E-state index in [-0.39, 0.29) is 17.2 Å². The summed E-state index contributed by atoms with van der Waals surface area (Å²) in [5.41, 5.74) is -0.283. The zero-order valence-corrected chi connectivity index (χ0v) is 13.8. The number of aromatic nitrogens is 4. The second-order valence-corrected chi connectivity index (χ2v) is 6.38. The zero-order valence-electron chi connectivity index (χ0n) is 13.0. The Morgan fingerprint density at radius 1 is 1.14 bits per heavy atom. The molecule has 0 saturated heterocycles. The summed E-state index contributed by atoms with van der Waals surface area (Å²) < 4.78 is 2.52. The molecule has 0 fully saturated rings. The van der Waals surface area contributed by atoms with Gasteiger partial charge in [-0.3, -0.25) is 13.9 Å². The van der Waals surface area contributed by atoms with Crippen molar-refractivity contribution in [1.82, 2.24) is 19.1 Å². The van der Waals surface area contributed by atoms with E-state index in [0.29, 0.717) is 21.9 Å². The van der Waals surface area contributed by atoms with Gasteiger partial charge in [0.25, 0.3) is 5.56 Å². The van der Waals surface area contributed by atoms with Crippen molar-refractivity contribution in [2.75, 3.05) is 5.75 Å². The summed E-state index contributed by atoms with van der Waals surface area (Å²) in [5.74, 6) is 1.66. The van der Waals surface area contributed by atoms with Crippen molar-refractivity contribution in [2.24, 2.45) is 14.1 Å². The molecule has 0 aliphatic carbocycles. The summed E-state index contributed by atoms with van der Waals surface area (Å²) in [5, 5.41) is 1.10. The van der Waals surface area contributed by atoms with E-state index in [1.165, 1.54) is 23.4 Å². The minimum atomic E-state index is -0.368. The molecule has 0 N–H and O–H groups in total. The summed E-state index contributed by atoms with van der Waals surface area (Å²) in [7, 11) is 3.12. The Balaban J connectivity index is 2.91. The summed E-state index contributed by atoms with van der Waals surface area (Å²) in [6.45, 7) is 6.07. The Labute approximate surface area is 127 Å². The number of hydrogen-bond acceptors (Lipinski definition) is 5. The standard InChI is InChI=1S/C14H20N4O2S/c1-6-7-21-12-9-11(15-10(16-12)8(2)3)17(4)14(20)18(5)13(9)19/h8H,6-7H2,1-5H3. The van der Waals surface area contributed by atoms with Crippen LogP contribution < -0.4 is 11.2 Å². The molecule has 0 radical (unpaired) electrons. The fraction of sp³-hybridized carbons (Fsp3) is 0.571. The molecular weight excluding hydrogens is 288 g/mol. The maximum Gasteiger partial charge on any atom is 0.332 e. The molecule has 2 aromatic rings. The molecule has 0 bridgehead atoms. The van der Waals surface area contributed by atoms with Crippen LogP contribution in [-0.4, -0.2) is 24.9 Å². The van der Waals surface area contributed by atoms with Crippen LogP contribution in [0.1, 0.15) is 38.9 Å². The molecule has 114 valence electrons. The molecule has 0 spiro atoms. The van der Waals surface area contributed by atoms with Gasteiger partial charge >= 0.3 is 5.69 Å². The normalized spacial score (nSPS) is 11.5. The zero-order chi connectivity index (χ0) is 15.7. The van der Waals surface area contributed by atoms with E-state index in [4.69, 9.17) is 0 Å². The number of thioether (sulfide) groups is 1. The van der Waals surface area contributed by atoms with Crippen LogP contribution >= 0.6 is 11.8 Å². The lowest BCUT2D eigenvalue weighted by Gasteiger charge is -2.12. The highest BCUT2D eigenvalue weighted by Crippen LogP contribution is 2.24. The third kappa shape index (κ3) is 2.74. The first kappa shape index (κ1) is 15.8. The van der Waals surface area contributed by atoms with E-state index in [1.54, 1.807) is 7.05 Å². The van der Waals surface area contributed by atoms with Gasteiger partial charge < -0.3 is 0 Å². The second-order valence-electron chi connectivity index (χ2n) is 5.29. The second kappa shape index (κ2) is 6.01. The lowest BCUT2D eigenvalue weighted by Crippen LogP contribution is -2.38. The summed E-state index contributed by atoms with van der Waals surface area (Å²) in [6.07, 6.45) is 0.985. The molecule has 0 atom stereocenters. The molecule has 2 rings (SSSR count). The maximum atomic E-state index is 12.4. The smallest absolute Gasteiger partial charge is 0.280 e. The van der Waals surface area contributed by atoms with Crippen LogP contribution in [0.5, 0.6) is 0 Å². The Bertz CT molecular complexity index is 792. The van der Waals surface area contributed by atoms with Gasteiger partial charge in [0.15, 0.2) is 5.65 Å². The lowest BCUT2D eigenvalue weighted by molar-refractivity contribution is 0.689. The highest BCUT2D eigenvalue weighted by Gasteiger charge is 2.18. The first-order valence-corrected chi connectivity index (χ1v) is 7.97. The number of fused-ring (bicyclic) bond motifs is 1. The highest BCUT2D eigenvalue weighted by atomic mass is 32.2. The molecular formula is C14H20N4O2S. The topological polar surface area (TPSA) is 69.8 Å². The van der Waals surface area contributed by atoms with Gasteiger partial charge in [-0.1, -0.05) is 20.8 Å². The summed E-state index contributed by atoms with van der Waals surface area (Å²) in [6, 6.07) is 0. The third-order valence-electron chi connectivity index (χ3n) is 3.24. The molecule has 0 aliphatic heterocycles. The molecule has 0 aromatic carbocycles. The number of hydrogen-bond donors (Lipinski definition) is 0. The van der Waals surface area contributed by atoms with E-state index in [9.17, 15) is 9.59 Å². The fourth-order valence-electron chi connectivity index (χ4n) is 2.01. The largest absolute Gasteiger partial charge is 0.332 e. The lowest BCUT2D eigenvalue weighted by atomic mass is 10.2. The van der Waals surface area contributed by atoms with Crippen molar-refractivity contribution >= 4 is 22.8 Å². The number of aryl methyl sites for hydroxylation is 1. The SMILES string of the molecule is CCCSc1nc(C(C)C)nc2c1c(=O)n(C)c(=O)n2C. The third-order valence-corrected chi connectivity index (χ3v) is 4.42. The van der Waals surface area contributed by atoms with E-state index in [0.717, 1.165) is 16.7 Å². The predicted octanol–water partition coefficient (Wildman–Crippen LogP) is 1.65. The maximum absolute atomic E-state index is 12.4. The van der Waals surface area contributed by atoms with Gasteiger partial charge in [-0.15, -0.1) is 11.8 Å². The molecule has 2 aromatic heterocycles. The van der Waals surface area contributed by atoms with Crippen LogP contribution in [0.25, 0.3) is 11.0 Å². The van der Waals surface area contributed by atoms with Gasteiger partial charge in [0, 0.05) is 20.0 Å². The van der Waals surface area contributed by atoms with Gasteiger partial charge in [0.1, 0.15) is 16.2 Å². The van der Waals surface area contributed by atoms with Gasteiger partial charge in [-0.2, -0.15) is 0 Å². The monoisotopic (exact) mass is 308 g/mol. The predicted molar refractivity (Wildman–Crippen MR) is 85.1 cm³/mol. The van der Waals surface area contributed by atoms with E-state index in [1.807, 2.05) is 13.8 Å². The molecule has 0 unspecified atom stereocenters. The average Bonchev–Trinajstić information content (AvgIpc) is 2.47. The first-order valence-electron chi connectivity index (χ1n) is 6.98. The summed E-state index contributed by atoms with van der Waals surface area (Å²) in [4.78, 5) is 33.5. The van der Waals surface area contributed by atoms with Gasteiger partial charge in [0.2, 0.25) is 0 Å². The van der Waals surface area contributed by atoms with Crippen LogP contribution in [0.3, 0.4) is 0 Å². The Hall–Kier alpha value is -1.63. The van der Waals surface area contributed by atoms with Crippen molar-refractivity contribution in [1.29, 1.82) is 0 Å². The van der Waals surface area contributed by atoms with E-state index < -0.39 is 0 Å². The van der Waals surface area contributed by atoms with E-state index >= 15 is 0 Å². The molecule has 7 heteroatoms. The van der Waals surface area contributed by atoms with Crippen LogP contribution in [0.15, 0.2) is 14.6 Å². The summed E-state index contributed by atoms with van der Waals surface area (Å²) >= 11 is 1.54. The Morgan fingerprint density at radius 3 is 2.38 bits per heavy atom. The Morgan fingerprint density at radius 2 is 1.81 bits per heavy atom. The molecule has 0 saturated carbocycles. The van der Waals surface area contributed by atoms with Crippen molar-refractivity contribution in [2.45, 2.75) is 38.1 Å². The molecule has 0 aliphatic rings. The van der Waals surface area contributed by atoms with Crippen LogP contribution in [0.2, 0.25) is 0 Å². The molecule has 6 nitrogen and oxygen atoms in total. The van der Waals surface area contributed by atoms with Crippen LogP contribution in [0.4, 0.5) is 0 Å². The van der Waals surface area contributed by atoms with Gasteiger partial charge in [0.05, 0.1) is 0 Å². The van der Waals surface area contributed by atoms with Crippen molar-refractivity contribution in [3.8, 4) is 0 Å². The van der Waals surface area contributed by atoms with Crippen LogP contribution in [0, 0.1) is 0 Å². The van der Waals surface area contributed by atoms with Crippen molar-refractivity contribution in [3.63, 3.8) is 0 Å². The Kier molecular flexibility index (Phi) is 4.51. The molecule has 0 amide bonds. The van der Waals surface area contributed by atoms with Gasteiger partial charge in [-0.05, 0) is 12.2 Å². The van der Waals surface area contributed by atoms with Crippen LogP contribution in [-0.2, 0) is 14.1 Å². The van der Waals surface area contributed by atoms with Crippen molar-refractivity contribution in [3.05, 3.63) is 26.7 Å². The van der Waals surface area contributed by atoms with Gasteiger partial charge in [-0.25, -0.2) is 14.8 Å². The fourth-order valence-corrected chi connectivity index (χ4v) is 2.88. The molecule has 2 heterocycles. The quantitative estimate of drug-likeness (QED) is 0.634. The molecule has 21 heavy (non-hydrogen) atoms. The van der Waals surface area contributed by atoms with Crippen molar-refractivity contribution < 1.29 is 0 Å². The first-order chi connectivity index (χ1) is 9.88. The van der Waals surface area contributed by atoms with E-state index in [2.05, 4.69) is 16.9 Å². The minimum absolute atomic E-state index is 0.134. The highest BCUT2D eigenvalue weighted by molar-refractivity contribution is 7.99. The number of rotatable bonds is 4. The average molecular weight is 308 g/mol. The minimum Gasteiger partial charge on any atom is -0.280 e.